The molecule has 0 saturated carbocycles. The monoisotopic (exact) mass is 335 g/mol. The zero-order valence-electron chi connectivity index (χ0n) is 12.0. The molecule has 0 atom stereocenters. The van der Waals surface area contributed by atoms with E-state index in [-0.39, 0.29) is 0 Å². The van der Waals surface area contributed by atoms with Crippen LogP contribution in [0.25, 0.3) is 6.08 Å². The van der Waals surface area contributed by atoms with Crippen LogP contribution in [0.15, 0.2) is 18.4 Å². The van der Waals surface area contributed by atoms with Crippen LogP contribution in [0.3, 0.4) is 0 Å². The molecule has 122 valence electrons. The lowest BCUT2D eigenvalue weighted by molar-refractivity contribution is -0.0519. The molecule has 1 aliphatic rings. The summed E-state index contributed by atoms with van der Waals surface area (Å²) in [6.45, 7) is 5.09. The third-order valence-corrected chi connectivity index (χ3v) is 4.55. The molecule has 8 heteroatoms. The summed E-state index contributed by atoms with van der Waals surface area (Å²) in [5.41, 5.74) is -1.39. The highest BCUT2D eigenvalue weighted by atomic mass is 32.2. The summed E-state index contributed by atoms with van der Waals surface area (Å²) in [6, 6.07) is 0. The highest BCUT2D eigenvalue weighted by molar-refractivity contribution is 7.87. The van der Waals surface area contributed by atoms with E-state index in [1.807, 2.05) is 6.92 Å². The van der Waals surface area contributed by atoms with Gasteiger partial charge in [0.05, 0.1) is 0 Å². The number of nitrogens with one attached hydrogen (secondary N) is 1. The SMILES string of the molecule is C=C(/C=C\c1[nH]c2c(c1C)CCCC2)OS(=O)(=O)C(F)(F)F. The highest BCUT2D eigenvalue weighted by Crippen LogP contribution is 2.28. The van der Waals surface area contributed by atoms with E-state index in [1.165, 1.54) is 11.6 Å². The van der Waals surface area contributed by atoms with Gasteiger partial charge in [0.1, 0.15) is 5.76 Å². The van der Waals surface area contributed by atoms with Gasteiger partial charge in [-0.2, -0.15) is 21.6 Å². The van der Waals surface area contributed by atoms with E-state index in [1.54, 1.807) is 0 Å². The van der Waals surface area contributed by atoms with Crippen molar-refractivity contribution in [3.05, 3.63) is 40.9 Å². The summed E-state index contributed by atoms with van der Waals surface area (Å²) in [6.07, 6.45) is 6.68. The van der Waals surface area contributed by atoms with Gasteiger partial charge in [-0.25, -0.2) is 0 Å². The molecule has 0 unspecified atom stereocenters. The lowest BCUT2D eigenvalue weighted by Gasteiger charge is -2.10. The van der Waals surface area contributed by atoms with Gasteiger partial charge in [-0.1, -0.05) is 6.58 Å². The summed E-state index contributed by atoms with van der Waals surface area (Å²) in [5, 5.41) is 0. The van der Waals surface area contributed by atoms with Crippen LogP contribution in [-0.4, -0.2) is 18.9 Å². The molecular weight excluding hydrogens is 319 g/mol. The number of hydrogen-bond acceptors (Lipinski definition) is 3. The van der Waals surface area contributed by atoms with Crippen molar-refractivity contribution in [3.8, 4) is 0 Å². The Morgan fingerprint density at radius 3 is 2.55 bits per heavy atom. The predicted octanol–water partition coefficient (Wildman–Crippen LogP) is 3.60. The van der Waals surface area contributed by atoms with Gasteiger partial charge < -0.3 is 9.17 Å². The molecule has 0 saturated heterocycles. The number of rotatable bonds is 4. The van der Waals surface area contributed by atoms with Crippen molar-refractivity contribution in [1.29, 1.82) is 0 Å². The van der Waals surface area contributed by atoms with Crippen molar-refractivity contribution in [2.45, 2.75) is 38.1 Å². The predicted molar refractivity (Wildman–Crippen MR) is 76.4 cm³/mol. The number of halogens is 3. The van der Waals surface area contributed by atoms with E-state index < -0.39 is 21.4 Å². The van der Waals surface area contributed by atoms with Gasteiger partial charge in [0, 0.05) is 11.4 Å². The van der Waals surface area contributed by atoms with Crippen LogP contribution in [0.1, 0.15) is 35.4 Å². The second-order valence-electron chi connectivity index (χ2n) is 5.11. The fourth-order valence-corrected chi connectivity index (χ4v) is 2.87. The molecule has 0 fully saturated rings. The van der Waals surface area contributed by atoms with Crippen molar-refractivity contribution in [2.75, 3.05) is 0 Å². The number of hydrogen-bond donors (Lipinski definition) is 1. The average Bonchev–Trinajstić information content (AvgIpc) is 2.72. The maximum atomic E-state index is 12.2. The molecule has 22 heavy (non-hydrogen) atoms. The van der Waals surface area contributed by atoms with E-state index in [0.29, 0.717) is 0 Å². The van der Waals surface area contributed by atoms with Gasteiger partial charge in [0.2, 0.25) is 0 Å². The Morgan fingerprint density at radius 2 is 1.95 bits per heavy atom. The average molecular weight is 335 g/mol. The Bertz CT molecular complexity index is 714. The number of H-pyrrole nitrogens is 1. The molecule has 1 heterocycles. The molecule has 0 spiro atoms. The smallest absolute Gasteiger partial charge is 0.377 e. The third-order valence-electron chi connectivity index (χ3n) is 3.55. The van der Waals surface area contributed by atoms with Gasteiger partial charge in [-0.05, 0) is 55.9 Å². The second-order valence-corrected chi connectivity index (χ2v) is 6.65. The summed E-state index contributed by atoms with van der Waals surface area (Å²) >= 11 is 0. The van der Waals surface area contributed by atoms with Crippen LogP contribution in [0.4, 0.5) is 13.2 Å². The summed E-state index contributed by atoms with van der Waals surface area (Å²) in [4.78, 5) is 3.20. The first-order valence-corrected chi connectivity index (χ1v) is 8.10. The van der Waals surface area contributed by atoms with E-state index in [2.05, 4.69) is 15.7 Å². The minimum atomic E-state index is -5.67. The maximum absolute atomic E-state index is 12.2. The van der Waals surface area contributed by atoms with Crippen molar-refractivity contribution >= 4 is 16.2 Å². The van der Waals surface area contributed by atoms with Crippen LogP contribution < -0.4 is 0 Å². The zero-order valence-corrected chi connectivity index (χ0v) is 12.8. The molecule has 1 aromatic heterocycles. The largest absolute Gasteiger partial charge is 0.534 e. The molecule has 1 aromatic rings. The first kappa shape index (κ1) is 16.7. The topological polar surface area (TPSA) is 59.2 Å². The number of aryl methyl sites for hydroxylation is 1. The minimum absolute atomic E-state index is 0.593. The second kappa shape index (κ2) is 5.83. The van der Waals surface area contributed by atoms with Gasteiger partial charge in [0.15, 0.2) is 0 Å². The van der Waals surface area contributed by atoms with Gasteiger partial charge >= 0.3 is 15.6 Å². The molecule has 1 N–H and O–H groups in total. The Hall–Kier alpha value is -1.70. The van der Waals surface area contributed by atoms with Gasteiger partial charge in [-0.3, -0.25) is 0 Å². The van der Waals surface area contributed by atoms with Crippen molar-refractivity contribution in [2.24, 2.45) is 0 Å². The first-order chi connectivity index (χ1) is 10.1. The van der Waals surface area contributed by atoms with E-state index in [0.717, 1.165) is 48.7 Å². The lowest BCUT2D eigenvalue weighted by atomic mass is 9.95. The molecular formula is C14H16F3NO3S. The standard InChI is InChI=1S/C14H16F3NO3S/c1-9(21-22(19,20)14(15,16)17)7-8-12-10(2)11-5-3-4-6-13(11)18-12/h7-8,18H,1,3-6H2,2H3/b8-7-. The molecule has 0 aliphatic heterocycles. The van der Waals surface area contributed by atoms with Crippen LogP contribution in [-0.2, 0) is 27.1 Å². The van der Waals surface area contributed by atoms with Crippen LogP contribution in [0, 0.1) is 6.92 Å². The summed E-state index contributed by atoms with van der Waals surface area (Å²) < 4.78 is 62.2. The number of alkyl halides is 3. The fourth-order valence-electron chi connectivity index (χ4n) is 2.43. The normalized spacial score (nSPS) is 15.8. The van der Waals surface area contributed by atoms with Crippen LogP contribution in [0.5, 0.6) is 0 Å². The van der Waals surface area contributed by atoms with E-state index >= 15 is 0 Å². The van der Waals surface area contributed by atoms with Gasteiger partial charge in [0.25, 0.3) is 0 Å². The molecule has 0 amide bonds. The Balaban J connectivity index is 2.13. The molecule has 1 aliphatic carbocycles. The van der Waals surface area contributed by atoms with E-state index in [4.69, 9.17) is 0 Å². The molecule has 0 bridgehead atoms. The maximum Gasteiger partial charge on any atom is 0.534 e. The molecule has 0 radical (unpaired) electrons. The Kier molecular flexibility index (Phi) is 4.42. The number of aromatic nitrogens is 1. The fraction of sp³-hybridized carbons (Fsp3) is 0.429. The minimum Gasteiger partial charge on any atom is -0.377 e. The van der Waals surface area contributed by atoms with Gasteiger partial charge in [-0.15, -0.1) is 0 Å². The van der Waals surface area contributed by atoms with Crippen molar-refractivity contribution < 1.29 is 25.8 Å². The lowest BCUT2D eigenvalue weighted by Crippen LogP contribution is -2.24. The Labute approximate surface area is 126 Å². The van der Waals surface area contributed by atoms with Crippen molar-refractivity contribution in [3.63, 3.8) is 0 Å². The highest BCUT2D eigenvalue weighted by Gasteiger charge is 2.48. The summed E-state index contributed by atoms with van der Waals surface area (Å²) in [7, 11) is -5.67. The Morgan fingerprint density at radius 1 is 1.32 bits per heavy atom. The summed E-state index contributed by atoms with van der Waals surface area (Å²) in [5.74, 6) is -0.593. The number of aromatic amines is 1. The molecule has 0 aromatic carbocycles. The number of allylic oxidation sites excluding steroid dienone is 1. The van der Waals surface area contributed by atoms with Crippen LogP contribution >= 0.6 is 0 Å². The number of fused-ring (bicyclic) bond motifs is 1. The third kappa shape index (κ3) is 3.37. The molecule has 2 rings (SSSR count). The van der Waals surface area contributed by atoms with E-state index in [9.17, 15) is 21.6 Å². The zero-order chi connectivity index (χ0) is 16.5. The first-order valence-electron chi connectivity index (χ1n) is 6.70. The molecule has 4 nitrogen and oxygen atoms in total. The van der Waals surface area contributed by atoms with Crippen molar-refractivity contribution in [1.82, 2.24) is 4.98 Å². The quantitative estimate of drug-likeness (QED) is 0.396. The van der Waals surface area contributed by atoms with Crippen LogP contribution in [0.2, 0.25) is 0 Å².